The SMILES string of the molecule is CCCCCC[P+](c1ccccc1)(c1ccccc1)c1ccccc1.O=C([O-])C(=O)O.c1ccc(P(c2ccccc2)c2ccccc2)cc1. The Bertz CT molecular complexity index is 1620. The summed E-state index contributed by atoms with van der Waals surface area (Å²) in [7, 11) is -2.04. The van der Waals surface area contributed by atoms with E-state index in [0.29, 0.717) is 0 Å². The quantitative estimate of drug-likeness (QED) is 0.0915. The molecule has 6 rings (SSSR count). The first-order valence-corrected chi connectivity index (χ1v) is 20.2. The van der Waals surface area contributed by atoms with Crippen LogP contribution < -0.4 is 36.9 Å². The van der Waals surface area contributed by atoms with Gasteiger partial charge >= 0.3 is 5.97 Å². The second-order valence-electron chi connectivity index (χ2n) is 11.5. The van der Waals surface area contributed by atoms with Gasteiger partial charge in [-0.1, -0.05) is 165 Å². The maximum Gasteiger partial charge on any atom is 0.351 e. The number of carbonyl (C=O) groups is 2. The molecule has 0 amide bonds. The molecular formula is C44H44O4P2. The fraction of sp³-hybridized carbons (Fsp3) is 0.136. The van der Waals surface area contributed by atoms with Crippen molar-refractivity contribution in [3.8, 4) is 0 Å². The van der Waals surface area contributed by atoms with E-state index in [0.717, 1.165) is 0 Å². The number of carbonyl (C=O) groups excluding carboxylic acids is 1. The monoisotopic (exact) mass is 698 g/mol. The summed E-state index contributed by atoms with van der Waals surface area (Å²) in [6.07, 6.45) is 6.49. The van der Waals surface area contributed by atoms with Crippen molar-refractivity contribution < 1.29 is 19.8 Å². The van der Waals surface area contributed by atoms with E-state index < -0.39 is 27.1 Å². The first kappa shape index (κ1) is 37.9. The number of rotatable bonds is 11. The van der Waals surface area contributed by atoms with E-state index in [9.17, 15) is 0 Å². The molecule has 0 aliphatic heterocycles. The van der Waals surface area contributed by atoms with E-state index >= 15 is 0 Å². The minimum absolute atomic E-state index is 0.446. The van der Waals surface area contributed by atoms with E-state index in [4.69, 9.17) is 19.8 Å². The van der Waals surface area contributed by atoms with Gasteiger partial charge < -0.3 is 15.0 Å². The Morgan fingerprint density at radius 3 is 1.04 bits per heavy atom. The molecule has 0 radical (unpaired) electrons. The first-order chi connectivity index (χ1) is 24.5. The fourth-order valence-corrected chi connectivity index (χ4v) is 12.6. The van der Waals surface area contributed by atoms with Gasteiger partial charge in [-0.3, -0.25) is 0 Å². The van der Waals surface area contributed by atoms with Crippen LogP contribution in [0.3, 0.4) is 0 Å². The molecule has 0 heterocycles. The minimum Gasteiger partial charge on any atom is -0.539 e. The van der Waals surface area contributed by atoms with Gasteiger partial charge in [0, 0.05) is 0 Å². The van der Waals surface area contributed by atoms with E-state index in [1.54, 1.807) is 0 Å². The molecule has 6 aromatic rings. The zero-order chi connectivity index (χ0) is 35.4. The summed E-state index contributed by atoms with van der Waals surface area (Å²) in [6.45, 7) is 2.29. The van der Waals surface area contributed by atoms with Crippen molar-refractivity contribution in [2.75, 3.05) is 6.16 Å². The number of benzene rings is 6. The fourth-order valence-electron chi connectivity index (χ4n) is 5.84. The Morgan fingerprint density at radius 1 is 0.500 bits per heavy atom. The number of hydrogen-bond acceptors (Lipinski definition) is 3. The second-order valence-corrected chi connectivity index (χ2v) is 17.4. The molecule has 0 spiro atoms. The lowest BCUT2D eigenvalue weighted by Gasteiger charge is -2.27. The lowest BCUT2D eigenvalue weighted by molar-refractivity contribution is -0.303. The lowest BCUT2D eigenvalue weighted by atomic mass is 10.2. The third-order valence-corrected chi connectivity index (χ3v) is 15.1. The molecule has 0 atom stereocenters. The van der Waals surface area contributed by atoms with Crippen LogP contribution in [0.1, 0.15) is 32.6 Å². The summed E-state index contributed by atoms with van der Waals surface area (Å²) in [5, 5.41) is 25.0. The van der Waals surface area contributed by atoms with Crippen LogP contribution in [-0.4, -0.2) is 23.2 Å². The standard InChI is InChI=1S/C24H28P.C18H15P.C2H2O4/c1-2-3-4-14-21-25(22-15-8-5-9-16-22,23-17-10-6-11-18-23)24-19-12-7-13-20-24;1-4-10-16(11-5-1)19(17-12-6-2-7-13-17)18-14-8-3-9-15-18;3-1(4)2(5)6/h5-13,15-20H,2-4,14,21H2,1H3;1-15H;(H,3,4)(H,5,6)/q+1;;/p-1. The number of unbranched alkanes of at least 4 members (excludes halogenated alkanes) is 3. The number of aliphatic carboxylic acids is 2. The van der Waals surface area contributed by atoms with E-state index in [1.807, 2.05) is 0 Å². The Hall–Kier alpha value is -4.88. The molecule has 0 saturated carbocycles. The molecule has 6 heteroatoms. The third kappa shape index (κ3) is 10.8. The largest absolute Gasteiger partial charge is 0.539 e. The average molecular weight is 699 g/mol. The topological polar surface area (TPSA) is 77.4 Å². The van der Waals surface area contributed by atoms with E-state index in [2.05, 4.69) is 189 Å². The van der Waals surface area contributed by atoms with Crippen LogP contribution in [0.2, 0.25) is 0 Å². The highest BCUT2D eigenvalue weighted by Crippen LogP contribution is 2.56. The van der Waals surface area contributed by atoms with Crippen LogP contribution in [0.5, 0.6) is 0 Å². The van der Waals surface area contributed by atoms with Crippen molar-refractivity contribution in [3.05, 3.63) is 182 Å². The molecule has 0 fully saturated rings. The predicted octanol–water partition coefficient (Wildman–Crippen LogP) is 6.83. The number of carboxylic acids is 2. The average Bonchev–Trinajstić information content (AvgIpc) is 3.18. The molecule has 0 unspecified atom stereocenters. The summed E-state index contributed by atoms with van der Waals surface area (Å²) in [6, 6.07) is 65.9. The van der Waals surface area contributed by atoms with Crippen LogP contribution in [0.4, 0.5) is 0 Å². The van der Waals surface area contributed by atoms with Crippen LogP contribution in [0.15, 0.2) is 182 Å². The van der Waals surface area contributed by atoms with E-state index in [-0.39, 0.29) is 0 Å². The number of hydrogen-bond donors (Lipinski definition) is 1. The first-order valence-electron chi connectivity index (χ1n) is 16.9. The smallest absolute Gasteiger partial charge is 0.351 e. The zero-order valence-corrected chi connectivity index (χ0v) is 30.2. The van der Waals surface area contributed by atoms with Crippen molar-refractivity contribution in [3.63, 3.8) is 0 Å². The molecule has 6 aromatic carbocycles. The molecule has 0 aliphatic carbocycles. The van der Waals surface area contributed by atoms with Crippen molar-refractivity contribution in [2.45, 2.75) is 32.6 Å². The minimum atomic E-state index is -2.07. The highest BCUT2D eigenvalue weighted by molar-refractivity contribution is 7.95. The van der Waals surface area contributed by atoms with E-state index in [1.165, 1.54) is 63.7 Å². The Kier molecular flexibility index (Phi) is 15.6. The van der Waals surface area contributed by atoms with Crippen LogP contribution in [0, 0.1) is 0 Å². The molecule has 254 valence electrons. The summed E-state index contributed by atoms with van der Waals surface area (Å²) >= 11 is 0. The maximum absolute atomic E-state index is 9.04. The van der Waals surface area contributed by atoms with Gasteiger partial charge in [0.05, 0.1) is 6.16 Å². The van der Waals surface area contributed by atoms with Gasteiger partial charge in [0.1, 0.15) is 23.2 Å². The maximum atomic E-state index is 9.04. The molecule has 0 bridgehead atoms. The molecular weight excluding hydrogens is 654 g/mol. The van der Waals surface area contributed by atoms with Gasteiger partial charge in [0.25, 0.3) is 0 Å². The normalized spacial score (nSPS) is 10.6. The van der Waals surface area contributed by atoms with Crippen molar-refractivity contribution >= 4 is 58.9 Å². The predicted molar refractivity (Wildman–Crippen MR) is 212 cm³/mol. The highest BCUT2D eigenvalue weighted by atomic mass is 31.2. The van der Waals surface area contributed by atoms with Crippen LogP contribution >= 0.6 is 15.2 Å². The summed E-state index contributed by atoms with van der Waals surface area (Å²) in [5.41, 5.74) is 0. The Labute approximate surface area is 298 Å². The van der Waals surface area contributed by atoms with Gasteiger partial charge in [-0.2, -0.15) is 0 Å². The summed E-state index contributed by atoms with van der Waals surface area (Å²) < 4.78 is 0. The Balaban J connectivity index is 0.000000198. The number of carboxylic acid groups (broad SMARTS) is 2. The van der Waals surface area contributed by atoms with Gasteiger partial charge in [0.15, 0.2) is 5.97 Å². The third-order valence-electron chi connectivity index (χ3n) is 8.16. The van der Waals surface area contributed by atoms with Gasteiger partial charge in [-0.25, -0.2) is 4.79 Å². The molecule has 0 aromatic heterocycles. The Morgan fingerprint density at radius 2 is 0.780 bits per heavy atom. The second kappa shape index (κ2) is 20.6. The highest BCUT2D eigenvalue weighted by Gasteiger charge is 2.44. The van der Waals surface area contributed by atoms with Crippen LogP contribution in [0.25, 0.3) is 0 Å². The van der Waals surface area contributed by atoms with Gasteiger partial charge in [-0.05, 0) is 73.1 Å². The molecule has 4 nitrogen and oxygen atoms in total. The zero-order valence-electron chi connectivity index (χ0n) is 28.4. The summed E-state index contributed by atoms with van der Waals surface area (Å²) in [4.78, 5) is 18.0. The van der Waals surface area contributed by atoms with Crippen molar-refractivity contribution in [2.24, 2.45) is 0 Å². The summed E-state index contributed by atoms with van der Waals surface area (Å²) in [5.74, 6) is -4.01. The van der Waals surface area contributed by atoms with Gasteiger partial charge in [-0.15, -0.1) is 0 Å². The van der Waals surface area contributed by atoms with Crippen molar-refractivity contribution in [1.82, 2.24) is 0 Å². The molecule has 50 heavy (non-hydrogen) atoms. The van der Waals surface area contributed by atoms with Crippen molar-refractivity contribution in [1.29, 1.82) is 0 Å². The van der Waals surface area contributed by atoms with Crippen LogP contribution in [-0.2, 0) is 9.59 Å². The molecule has 1 N–H and O–H groups in total. The van der Waals surface area contributed by atoms with Gasteiger partial charge in [0.2, 0.25) is 0 Å². The molecule has 0 aliphatic rings. The lowest BCUT2D eigenvalue weighted by Crippen LogP contribution is -2.33. The molecule has 0 saturated heterocycles.